The molecule has 4 nitrogen and oxygen atoms in total. The summed E-state index contributed by atoms with van der Waals surface area (Å²) in [5.41, 5.74) is 7.26. The lowest BCUT2D eigenvalue weighted by molar-refractivity contribution is 0.408. The van der Waals surface area contributed by atoms with Crippen LogP contribution in [-0.4, -0.2) is 22.9 Å². The topological polar surface area (TPSA) is 53.1 Å². The number of para-hydroxylation sites is 1. The Morgan fingerprint density at radius 1 is 1.37 bits per heavy atom. The van der Waals surface area contributed by atoms with E-state index in [4.69, 9.17) is 10.5 Å². The van der Waals surface area contributed by atoms with Crippen molar-refractivity contribution in [1.29, 1.82) is 0 Å². The molecule has 0 aliphatic carbocycles. The number of aryl methyl sites for hydroxylation is 1. The molecule has 19 heavy (non-hydrogen) atoms. The predicted molar refractivity (Wildman–Crippen MR) is 78.4 cm³/mol. The first-order chi connectivity index (χ1) is 9.11. The molecule has 0 saturated carbocycles. The number of ether oxygens (including phenoxy) is 1. The number of methoxy groups -OCH3 is 1. The average Bonchev–Trinajstić information content (AvgIpc) is 2.81. The van der Waals surface area contributed by atoms with Gasteiger partial charge in [0.25, 0.3) is 0 Å². The van der Waals surface area contributed by atoms with Gasteiger partial charge in [-0.25, -0.2) is 0 Å². The van der Waals surface area contributed by atoms with Gasteiger partial charge in [0.1, 0.15) is 5.75 Å². The summed E-state index contributed by atoms with van der Waals surface area (Å²) in [6.07, 6.45) is 3.85. The van der Waals surface area contributed by atoms with Gasteiger partial charge in [-0.2, -0.15) is 5.10 Å². The number of thioether (sulfide) groups is 1. The maximum absolute atomic E-state index is 6.14. The van der Waals surface area contributed by atoms with E-state index >= 15 is 0 Å². The minimum Gasteiger partial charge on any atom is -0.496 e. The predicted octanol–water partition coefficient (Wildman–Crippen LogP) is 2.61. The van der Waals surface area contributed by atoms with Crippen molar-refractivity contribution in [2.45, 2.75) is 23.1 Å². The molecule has 5 heteroatoms. The maximum atomic E-state index is 6.14. The van der Waals surface area contributed by atoms with Gasteiger partial charge < -0.3 is 10.5 Å². The molecule has 2 N–H and O–H groups in total. The zero-order valence-electron chi connectivity index (χ0n) is 11.4. The first kappa shape index (κ1) is 14.0. The third-order valence-corrected chi connectivity index (χ3v) is 4.29. The van der Waals surface area contributed by atoms with Crippen LogP contribution >= 0.6 is 11.8 Å². The summed E-state index contributed by atoms with van der Waals surface area (Å²) in [7, 11) is 3.60. The van der Waals surface area contributed by atoms with Crippen LogP contribution in [0.3, 0.4) is 0 Å². The van der Waals surface area contributed by atoms with Crippen molar-refractivity contribution >= 4 is 11.8 Å². The highest BCUT2D eigenvalue weighted by molar-refractivity contribution is 7.99. The molecule has 0 spiro atoms. The second-order valence-corrected chi connectivity index (χ2v) is 5.70. The molecule has 102 valence electrons. The van der Waals surface area contributed by atoms with Crippen molar-refractivity contribution in [3.05, 3.63) is 42.2 Å². The average molecular weight is 277 g/mol. The van der Waals surface area contributed by atoms with E-state index in [1.165, 1.54) is 0 Å². The molecule has 2 atom stereocenters. The van der Waals surface area contributed by atoms with E-state index in [0.717, 1.165) is 16.2 Å². The van der Waals surface area contributed by atoms with Gasteiger partial charge >= 0.3 is 0 Å². The third kappa shape index (κ3) is 3.30. The van der Waals surface area contributed by atoms with E-state index in [-0.39, 0.29) is 11.3 Å². The van der Waals surface area contributed by atoms with Crippen LogP contribution in [-0.2, 0) is 7.05 Å². The van der Waals surface area contributed by atoms with Crippen LogP contribution in [0.4, 0.5) is 0 Å². The number of rotatable bonds is 5. The third-order valence-electron chi connectivity index (χ3n) is 2.87. The molecule has 1 heterocycles. The number of hydrogen-bond donors (Lipinski definition) is 1. The molecule has 0 radical (unpaired) electrons. The Hall–Kier alpha value is -1.46. The van der Waals surface area contributed by atoms with Crippen LogP contribution in [0.15, 0.2) is 41.6 Å². The summed E-state index contributed by atoms with van der Waals surface area (Å²) in [4.78, 5) is 1.11. The second kappa shape index (κ2) is 6.12. The summed E-state index contributed by atoms with van der Waals surface area (Å²) in [6, 6.07) is 8.03. The smallest absolute Gasteiger partial charge is 0.123 e. The van der Waals surface area contributed by atoms with Crippen LogP contribution in [0.2, 0.25) is 0 Å². The molecule has 0 bridgehead atoms. The Balaban J connectivity index is 2.29. The van der Waals surface area contributed by atoms with Crippen molar-refractivity contribution < 1.29 is 4.74 Å². The largest absolute Gasteiger partial charge is 0.496 e. The van der Waals surface area contributed by atoms with Crippen molar-refractivity contribution in [2.75, 3.05) is 7.11 Å². The van der Waals surface area contributed by atoms with E-state index in [1.54, 1.807) is 23.6 Å². The van der Waals surface area contributed by atoms with Gasteiger partial charge in [0.2, 0.25) is 0 Å². The Bertz CT molecular complexity index is 539. The Morgan fingerprint density at radius 2 is 2.11 bits per heavy atom. The fourth-order valence-corrected chi connectivity index (χ4v) is 3.11. The van der Waals surface area contributed by atoms with Crippen LogP contribution < -0.4 is 10.5 Å². The van der Waals surface area contributed by atoms with Gasteiger partial charge in [0, 0.05) is 29.7 Å². The molecule has 2 unspecified atom stereocenters. The van der Waals surface area contributed by atoms with Gasteiger partial charge in [-0.1, -0.05) is 18.2 Å². The zero-order valence-corrected chi connectivity index (χ0v) is 12.2. The number of hydrogen-bond acceptors (Lipinski definition) is 4. The molecular weight excluding hydrogens is 258 g/mol. The van der Waals surface area contributed by atoms with Crippen LogP contribution in [0.25, 0.3) is 0 Å². The fraction of sp³-hybridized carbons (Fsp3) is 0.357. The fourth-order valence-electron chi connectivity index (χ4n) is 1.96. The van der Waals surface area contributed by atoms with Crippen molar-refractivity contribution in [3.8, 4) is 5.75 Å². The van der Waals surface area contributed by atoms with Crippen molar-refractivity contribution in [3.63, 3.8) is 0 Å². The maximum Gasteiger partial charge on any atom is 0.123 e. The molecule has 0 saturated heterocycles. The highest BCUT2D eigenvalue weighted by Gasteiger charge is 2.21. The lowest BCUT2D eigenvalue weighted by Crippen LogP contribution is -2.22. The molecule has 1 aromatic carbocycles. The molecule has 0 aliphatic rings. The Morgan fingerprint density at radius 3 is 2.68 bits per heavy atom. The first-order valence-electron chi connectivity index (χ1n) is 6.15. The molecule has 0 fully saturated rings. The van der Waals surface area contributed by atoms with Gasteiger partial charge in [0.15, 0.2) is 0 Å². The van der Waals surface area contributed by atoms with Gasteiger partial charge in [-0.15, -0.1) is 11.8 Å². The first-order valence-corrected chi connectivity index (χ1v) is 7.03. The quantitative estimate of drug-likeness (QED) is 0.854. The van der Waals surface area contributed by atoms with E-state index < -0.39 is 0 Å². The van der Waals surface area contributed by atoms with E-state index in [2.05, 4.69) is 11.2 Å². The van der Waals surface area contributed by atoms with E-state index in [1.807, 2.05) is 44.6 Å². The Kier molecular flexibility index (Phi) is 4.50. The molecule has 0 amide bonds. The standard InChI is InChI=1S/C14H19N3OS/c1-10(15)14(19-11-8-16-17(2)9-11)12-6-4-5-7-13(12)18-3/h4-10,14H,15H2,1-3H3. The van der Waals surface area contributed by atoms with Crippen LogP contribution in [0.5, 0.6) is 5.75 Å². The Labute approximate surface area is 117 Å². The molecular formula is C14H19N3OS. The van der Waals surface area contributed by atoms with Gasteiger partial charge in [-0.3, -0.25) is 4.68 Å². The van der Waals surface area contributed by atoms with Crippen LogP contribution in [0.1, 0.15) is 17.7 Å². The number of benzene rings is 1. The molecule has 2 aromatic rings. The highest BCUT2D eigenvalue weighted by Crippen LogP contribution is 2.40. The minimum atomic E-state index is 0.0153. The van der Waals surface area contributed by atoms with E-state index in [9.17, 15) is 0 Å². The number of aromatic nitrogens is 2. The summed E-state index contributed by atoms with van der Waals surface area (Å²) in [6.45, 7) is 2.01. The molecule has 2 rings (SSSR count). The minimum absolute atomic E-state index is 0.0153. The number of nitrogens with zero attached hydrogens (tertiary/aromatic N) is 2. The highest BCUT2D eigenvalue weighted by atomic mass is 32.2. The lowest BCUT2D eigenvalue weighted by Gasteiger charge is -2.22. The summed E-state index contributed by atoms with van der Waals surface area (Å²) in [5.74, 6) is 0.876. The normalized spacial score (nSPS) is 14.1. The molecule has 1 aromatic heterocycles. The summed E-state index contributed by atoms with van der Waals surface area (Å²) < 4.78 is 7.22. The lowest BCUT2D eigenvalue weighted by atomic mass is 10.1. The SMILES string of the molecule is COc1ccccc1C(Sc1cnn(C)c1)C(C)N. The van der Waals surface area contributed by atoms with Crippen LogP contribution in [0, 0.1) is 0 Å². The van der Waals surface area contributed by atoms with Gasteiger partial charge in [-0.05, 0) is 13.0 Å². The summed E-state index contributed by atoms with van der Waals surface area (Å²) in [5, 5.41) is 4.33. The van der Waals surface area contributed by atoms with Crippen molar-refractivity contribution in [2.24, 2.45) is 12.8 Å². The summed E-state index contributed by atoms with van der Waals surface area (Å²) >= 11 is 1.71. The van der Waals surface area contributed by atoms with Crippen molar-refractivity contribution in [1.82, 2.24) is 9.78 Å². The molecule has 0 aliphatic heterocycles. The van der Waals surface area contributed by atoms with E-state index in [0.29, 0.717) is 0 Å². The zero-order chi connectivity index (χ0) is 13.8. The monoisotopic (exact) mass is 277 g/mol. The van der Waals surface area contributed by atoms with Gasteiger partial charge in [0.05, 0.1) is 18.6 Å². The number of nitrogens with two attached hydrogens (primary N) is 1. The second-order valence-electron chi connectivity index (χ2n) is 4.49.